The average Bonchev–Trinajstić information content (AvgIpc) is 3.50. The van der Waals surface area contributed by atoms with Gasteiger partial charge in [0, 0.05) is 33.1 Å². The second-order valence-corrected chi connectivity index (χ2v) is 11.4. The predicted molar refractivity (Wildman–Crippen MR) is 161 cm³/mol. The van der Waals surface area contributed by atoms with Gasteiger partial charge in [0.1, 0.15) is 17.2 Å². The number of nitrogens with one attached hydrogen (secondary N) is 2. The van der Waals surface area contributed by atoms with E-state index >= 15 is 0 Å². The Morgan fingerprint density at radius 3 is 2.44 bits per heavy atom. The number of aryl methyl sites for hydroxylation is 1. The topological polar surface area (TPSA) is 109 Å². The highest BCUT2D eigenvalue weighted by molar-refractivity contribution is 9.10. The molecule has 10 heteroatoms. The van der Waals surface area contributed by atoms with Crippen LogP contribution in [0.5, 0.6) is 0 Å². The summed E-state index contributed by atoms with van der Waals surface area (Å²) in [6.45, 7) is 1.78. The highest BCUT2D eigenvalue weighted by Gasteiger charge is 2.40. The van der Waals surface area contributed by atoms with Crippen molar-refractivity contribution in [2.24, 2.45) is 0 Å². The van der Waals surface area contributed by atoms with Gasteiger partial charge >= 0.3 is 0 Å². The van der Waals surface area contributed by atoms with E-state index in [2.05, 4.69) is 26.6 Å². The van der Waals surface area contributed by atoms with E-state index in [-0.39, 0.29) is 23.9 Å². The summed E-state index contributed by atoms with van der Waals surface area (Å²) in [6.07, 6.45) is 1.53. The lowest BCUT2D eigenvalue weighted by molar-refractivity contribution is -0.121. The van der Waals surface area contributed by atoms with E-state index in [9.17, 15) is 19.2 Å². The fourth-order valence-electron chi connectivity index (χ4n) is 4.18. The standard InChI is InChI=1S/C31H24BrN3O5S/c1-19-10-15-24(40-19)17-26(34-29(37)20-6-3-2-4-7-20)30(38)33-22-8-5-9-25(16-22)41-27-18-28(36)35(31(27)39)23-13-11-21(32)12-14-23/h2-17,27H,18H2,1H3,(H,33,38)(H,34,37)/b26-17+/t27-/m0/s1. The van der Waals surface area contributed by atoms with Crippen molar-refractivity contribution in [2.45, 2.75) is 23.5 Å². The minimum atomic E-state index is -0.597. The molecule has 1 saturated heterocycles. The van der Waals surface area contributed by atoms with Gasteiger partial charge in [0.05, 0.1) is 10.9 Å². The summed E-state index contributed by atoms with van der Waals surface area (Å²) in [7, 11) is 0. The third kappa shape index (κ3) is 6.85. The number of hydrogen-bond donors (Lipinski definition) is 2. The van der Waals surface area contributed by atoms with Crippen molar-refractivity contribution in [2.75, 3.05) is 10.2 Å². The lowest BCUT2D eigenvalue weighted by atomic mass is 10.2. The first-order chi connectivity index (χ1) is 19.8. The smallest absolute Gasteiger partial charge is 0.272 e. The van der Waals surface area contributed by atoms with Gasteiger partial charge in [-0.15, -0.1) is 11.8 Å². The maximum absolute atomic E-state index is 13.3. The molecule has 1 atom stereocenters. The van der Waals surface area contributed by atoms with Gasteiger partial charge in [-0.05, 0) is 73.7 Å². The highest BCUT2D eigenvalue weighted by atomic mass is 79.9. The maximum Gasteiger partial charge on any atom is 0.272 e. The van der Waals surface area contributed by atoms with Crippen LogP contribution in [0.25, 0.3) is 6.08 Å². The number of rotatable bonds is 8. The second kappa shape index (κ2) is 12.4. The molecule has 0 radical (unpaired) electrons. The molecule has 3 aromatic carbocycles. The van der Waals surface area contributed by atoms with E-state index in [0.29, 0.717) is 33.4 Å². The predicted octanol–water partition coefficient (Wildman–Crippen LogP) is 6.18. The summed E-state index contributed by atoms with van der Waals surface area (Å²) in [6, 6.07) is 26.0. The van der Waals surface area contributed by atoms with Crippen LogP contribution in [0.3, 0.4) is 0 Å². The van der Waals surface area contributed by atoms with Crippen molar-refractivity contribution >= 4 is 68.8 Å². The van der Waals surface area contributed by atoms with Gasteiger partial charge in [-0.3, -0.25) is 19.2 Å². The zero-order valence-electron chi connectivity index (χ0n) is 21.8. The van der Waals surface area contributed by atoms with Gasteiger partial charge in [-0.2, -0.15) is 0 Å². The quantitative estimate of drug-likeness (QED) is 0.178. The summed E-state index contributed by atoms with van der Waals surface area (Å²) >= 11 is 4.62. The fourth-order valence-corrected chi connectivity index (χ4v) is 5.56. The Bertz CT molecular complexity index is 1650. The van der Waals surface area contributed by atoms with Gasteiger partial charge in [-0.1, -0.05) is 40.2 Å². The molecule has 0 unspecified atom stereocenters. The first kappa shape index (κ1) is 28.1. The summed E-state index contributed by atoms with van der Waals surface area (Å²) < 4.78 is 6.43. The average molecular weight is 631 g/mol. The Kier molecular flexibility index (Phi) is 8.51. The van der Waals surface area contributed by atoms with E-state index in [1.54, 1.807) is 97.9 Å². The Labute approximate surface area is 248 Å². The summed E-state index contributed by atoms with van der Waals surface area (Å²) in [4.78, 5) is 53.8. The van der Waals surface area contributed by atoms with Crippen molar-refractivity contribution in [3.05, 3.63) is 118 Å². The van der Waals surface area contributed by atoms with Crippen LogP contribution in [-0.2, 0) is 14.4 Å². The van der Waals surface area contributed by atoms with Crippen LogP contribution < -0.4 is 15.5 Å². The molecule has 1 aliphatic rings. The third-order valence-corrected chi connectivity index (χ3v) is 7.84. The van der Waals surface area contributed by atoms with Gasteiger partial charge in [0.25, 0.3) is 11.8 Å². The van der Waals surface area contributed by atoms with Crippen LogP contribution >= 0.6 is 27.7 Å². The monoisotopic (exact) mass is 629 g/mol. The molecule has 1 aromatic heterocycles. The number of carbonyl (C=O) groups is 4. The van der Waals surface area contributed by atoms with Crippen LogP contribution in [-0.4, -0.2) is 28.9 Å². The SMILES string of the molecule is Cc1ccc(/C=C(/NC(=O)c2ccccc2)C(=O)Nc2cccc(S[C@H]3CC(=O)N(c4ccc(Br)cc4)C3=O)c2)o1. The molecule has 1 fully saturated rings. The van der Waals surface area contributed by atoms with E-state index in [1.165, 1.54) is 22.7 Å². The summed E-state index contributed by atoms with van der Waals surface area (Å²) in [5, 5.41) is 4.88. The van der Waals surface area contributed by atoms with E-state index in [1.807, 2.05) is 0 Å². The lowest BCUT2D eigenvalue weighted by Crippen LogP contribution is -2.31. The number of furan rings is 1. The minimum absolute atomic E-state index is 0.00651. The second-order valence-electron chi connectivity index (χ2n) is 9.16. The summed E-state index contributed by atoms with van der Waals surface area (Å²) in [5.41, 5.74) is 1.37. The van der Waals surface area contributed by atoms with Gasteiger partial charge < -0.3 is 15.1 Å². The third-order valence-electron chi connectivity index (χ3n) is 6.14. The first-order valence-electron chi connectivity index (χ1n) is 12.6. The number of halogens is 1. The van der Waals surface area contributed by atoms with Crippen LogP contribution in [0.4, 0.5) is 11.4 Å². The number of carbonyl (C=O) groups excluding carboxylic acids is 4. The molecule has 4 aromatic rings. The number of amides is 4. The van der Waals surface area contributed by atoms with Crippen molar-refractivity contribution in [1.29, 1.82) is 0 Å². The maximum atomic E-state index is 13.3. The molecular formula is C31H24BrN3O5S. The normalized spacial score (nSPS) is 15.2. The zero-order valence-corrected chi connectivity index (χ0v) is 24.2. The number of thioether (sulfide) groups is 1. The first-order valence-corrected chi connectivity index (χ1v) is 14.3. The lowest BCUT2D eigenvalue weighted by Gasteiger charge is -2.15. The number of imide groups is 1. The molecule has 2 heterocycles. The van der Waals surface area contributed by atoms with Gasteiger partial charge in [-0.25, -0.2) is 4.90 Å². The summed E-state index contributed by atoms with van der Waals surface area (Å²) in [5.74, 6) is -0.493. The van der Waals surface area contributed by atoms with E-state index in [4.69, 9.17) is 4.42 Å². The van der Waals surface area contributed by atoms with E-state index < -0.39 is 17.1 Å². The molecule has 1 aliphatic heterocycles. The fraction of sp³-hybridized carbons (Fsp3) is 0.0968. The van der Waals surface area contributed by atoms with Crippen molar-refractivity contribution in [3.8, 4) is 0 Å². The highest BCUT2D eigenvalue weighted by Crippen LogP contribution is 2.35. The molecule has 4 amide bonds. The van der Waals surface area contributed by atoms with Gasteiger partial charge in [0.15, 0.2) is 0 Å². The number of hydrogen-bond acceptors (Lipinski definition) is 6. The molecule has 5 rings (SSSR count). The number of benzene rings is 3. The Hall–Kier alpha value is -4.41. The Morgan fingerprint density at radius 2 is 1.73 bits per heavy atom. The molecular weight excluding hydrogens is 606 g/mol. The Balaban J connectivity index is 1.31. The van der Waals surface area contributed by atoms with Crippen molar-refractivity contribution < 1.29 is 23.6 Å². The molecule has 206 valence electrons. The van der Waals surface area contributed by atoms with Crippen LogP contribution in [0.1, 0.15) is 28.3 Å². The molecule has 8 nitrogen and oxygen atoms in total. The van der Waals surface area contributed by atoms with E-state index in [0.717, 1.165) is 4.47 Å². The molecule has 0 bridgehead atoms. The largest absolute Gasteiger partial charge is 0.462 e. The van der Waals surface area contributed by atoms with Gasteiger partial charge in [0.2, 0.25) is 11.8 Å². The van der Waals surface area contributed by atoms with Crippen molar-refractivity contribution in [1.82, 2.24) is 5.32 Å². The van der Waals surface area contributed by atoms with Crippen LogP contribution in [0.15, 0.2) is 110 Å². The van der Waals surface area contributed by atoms with Crippen molar-refractivity contribution in [3.63, 3.8) is 0 Å². The molecule has 0 aliphatic carbocycles. The Morgan fingerprint density at radius 1 is 0.976 bits per heavy atom. The number of anilines is 2. The molecule has 2 N–H and O–H groups in total. The number of nitrogens with zero attached hydrogens (tertiary/aromatic N) is 1. The zero-order chi connectivity index (χ0) is 28.9. The van der Waals surface area contributed by atoms with Crippen LogP contribution in [0.2, 0.25) is 0 Å². The minimum Gasteiger partial charge on any atom is -0.462 e. The molecule has 41 heavy (non-hydrogen) atoms. The van der Waals surface area contributed by atoms with Crippen LogP contribution in [0, 0.1) is 6.92 Å². The molecule has 0 saturated carbocycles. The molecule has 0 spiro atoms.